The Bertz CT molecular complexity index is 1040. The van der Waals surface area contributed by atoms with Crippen molar-refractivity contribution < 1.29 is 5.11 Å². The van der Waals surface area contributed by atoms with Gasteiger partial charge >= 0.3 is 0 Å². The number of nitrogens with zero attached hydrogens (tertiary/aromatic N) is 4. The van der Waals surface area contributed by atoms with Crippen molar-refractivity contribution in [3.05, 3.63) is 66.2 Å². The first kappa shape index (κ1) is 24.6. The van der Waals surface area contributed by atoms with E-state index in [9.17, 15) is 5.11 Å². The van der Waals surface area contributed by atoms with E-state index in [1.54, 1.807) is 12.4 Å². The molecule has 1 aliphatic carbocycles. The predicted octanol–water partition coefficient (Wildman–Crippen LogP) is 4.66. The Morgan fingerprint density at radius 2 is 1.94 bits per heavy atom. The molecule has 2 fully saturated rings. The fourth-order valence-corrected chi connectivity index (χ4v) is 5.87. The van der Waals surface area contributed by atoms with E-state index in [4.69, 9.17) is 4.98 Å². The second kappa shape index (κ2) is 9.98. The Hall–Kier alpha value is -2.54. The van der Waals surface area contributed by atoms with Gasteiger partial charge in [0.25, 0.3) is 0 Å². The Morgan fingerprint density at radius 3 is 2.53 bits per heavy atom. The number of allylic oxidation sites excluding steroid dienone is 3. The Morgan fingerprint density at radius 1 is 1.24 bits per heavy atom. The lowest BCUT2D eigenvalue weighted by Gasteiger charge is -2.50. The zero-order valence-electron chi connectivity index (χ0n) is 21.3. The fourth-order valence-electron chi connectivity index (χ4n) is 5.87. The van der Waals surface area contributed by atoms with E-state index in [1.165, 1.54) is 5.57 Å². The molecule has 182 valence electrons. The quantitative estimate of drug-likeness (QED) is 0.610. The van der Waals surface area contributed by atoms with Crippen LogP contribution in [0, 0.1) is 6.92 Å². The van der Waals surface area contributed by atoms with Gasteiger partial charge in [0, 0.05) is 35.6 Å². The predicted molar refractivity (Wildman–Crippen MR) is 139 cm³/mol. The summed E-state index contributed by atoms with van der Waals surface area (Å²) in [6.45, 7) is 7.21. The summed E-state index contributed by atoms with van der Waals surface area (Å²) in [5.74, 6) is 0. The van der Waals surface area contributed by atoms with E-state index in [1.807, 2.05) is 18.3 Å². The molecule has 6 nitrogen and oxygen atoms in total. The van der Waals surface area contributed by atoms with Gasteiger partial charge in [-0.05, 0) is 83.8 Å². The summed E-state index contributed by atoms with van der Waals surface area (Å²) in [6, 6.07) is 6.04. The molecule has 0 aromatic carbocycles. The number of aliphatic hydroxyl groups is 1. The SMILES string of the molecule is C/C=C\C=C(/CC)C1(N(C)C)CCC2(CC1)CN(c1cnc(-c3ccncc3)cc1C)C(O)N2. The molecule has 2 aromatic rings. The van der Waals surface area contributed by atoms with Crippen LogP contribution in [0.25, 0.3) is 11.3 Å². The molecular weight excluding hydrogens is 422 g/mol. The molecule has 1 spiro atoms. The standard InChI is InChI=1S/C28H39N5O/c1-6-8-9-23(7-2)28(32(4)5)14-12-27(13-15-28)20-33(26(34)31-27)25-19-30-24(18-21(25)3)22-10-16-29-17-11-22/h6,8-11,16-19,26,31,34H,7,12-15,20H2,1-5H3/b8-6-,23-9+. The lowest BCUT2D eigenvalue weighted by molar-refractivity contribution is 0.0748. The minimum atomic E-state index is -0.705. The van der Waals surface area contributed by atoms with Crippen molar-refractivity contribution in [1.82, 2.24) is 20.2 Å². The van der Waals surface area contributed by atoms with Crippen LogP contribution in [-0.2, 0) is 0 Å². The molecule has 2 aliphatic rings. The van der Waals surface area contributed by atoms with Gasteiger partial charge in [-0.1, -0.05) is 30.7 Å². The van der Waals surface area contributed by atoms with E-state index in [0.29, 0.717) is 0 Å². The molecule has 1 unspecified atom stereocenters. The van der Waals surface area contributed by atoms with Crippen molar-refractivity contribution in [1.29, 1.82) is 0 Å². The van der Waals surface area contributed by atoms with Crippen molar-refractivity contribution in [2.45, 2.75) is 70.3 Å². The molecule has 2 N–H and O–H groups in total. The first-order valence-corrected chi connectivity index (χ1v) is 12.4. The number of hydrogen-bond donors (Lipinski definition) is 2. The van der Waals surface area contributed by atoms with Crippen molar-refractivity contribution in [3.63, 3.8) is 0 Å². The lowest BCUT2D eigenvalue weighted by Crippen LogP contribution is -2.56. The van der Waals surface area contributed by atoms with Crippen LogP contribution in [0.2, 0.25) is 0 Å². The monoisotopic (exact) mass is 461 g/mol. The number of aromatic nitrogens is 2. The molecule has 0 bridgehead atoms. The lowest BCUT2D eigenvalue weighted by atomic mass is 9.68. The number of anilines is 1. The second-order valence-corrected chi connectivity index (χ2v) is 10.0. The van der Waals surface area contributed by atoms with E-state index >= 15 is 0 Å². The van der Waals surface area contributed by atoms with E-state index in [0.717, 1.165) is 61.2 Å². The van der Waals surface area contributed by atoms with Crippen LogP contribution in [0.5, 0.6) is 0 Å². The van der Waals surface area contributed by atoms with Crippen molar-refractivity contribution in [2.75, 3.05) is 25.5 Å². The molecule has 1 saturated carbocycles. The van der Waals surface area contributed by atoms with Crippen molar-refractivity contribution in [2.24, 2.45) is 0 Å². The van der Waals surface area contributed by atoms with Crippen LogP contribution in [0.4, 0.5) is 5.69 Å². The molecule has 1 aliphatic heterocycles. The summed E-state index contributed by atoms with van der Waals surface area (Å²) in [4.78, 5) is 13.3. The van der Waals surface area contributed by atoms with E-state index < -0.39 is 6.35 Å². The molecule has 0 amide bonds. The summed E-state index contributed by atoms with van der Waals surface area (Å²) >= 11 is 0. The van der Waals surface area contributed by atoms with Gasteiger partial charge in [-0.15, -0.1) is 0 Å². The van der Waals surface area contributed by atoms with Crippen LogP contribution in [0.3, 0.4) is 0 Å². The number of aryl methyl sites for hydroxylation is 1. The molecule has 3 heterocycles. The number of aliphatic hydroxyl groups excluding tert-OH is 1. The Labute approximate surface area is 204 Å². The molecule has 2 aromatic heterocycles. The summed E-state index contributed by atoms with van der Waals surface area (Å²) < 4.78 is 0. The molecule has 6 heteroatoms. The highest BCUT2D eigenvalue weighted by Crippen LogP contribution is 2.46. The van der Waals surface area contributed by atoms with Gasteiger partial charge in [-0.2, -0.15) is 0 Å². The average Bonchev–Trinajstić information content (AvgIpc) is 3.16. The minimum absolute atomic E-state index is 0.0726. The Balaban J connectivity index is 1.53. The summed E-state index contributed by atoms with van der Waals surface area (Å²) in [6.07, 6.45) is 16.6. The number of pyridine rings is 2. The highest BCUT2D eigenvalue weighted by molar-refractivity contribution is 5.64. The first-order valence-electron chi connectivity index (χ1n) is 12.4. The highest BCUT2D eigenvalue weighted by Gasteiger charge is 2.50. The van der Waals surface area contributed by atoms with Gasteiger partial charge in [0.15, 0.2) is 6.35 Å². The number of hydrogen-bond acceptors (Lipinski definition) is 6. The third-order valence-corrected chi connectivity index (χ3v) is 7.93. The normalized spacial score (nSPS) is 27.9. The van der Waals surface area contributed by atoms with Gasteiger partial charge in [-0.3, -0.25) is 20.2 Å². The van der Waals surface area contributed by atoms with Gasteiger partial charge in [0.05, 0.1) is 17.6 Å². The third kappa shape index (κ3) is 4.54. The number of likely N-dealkylation sites (N-methyl/N-ethyl adjacent to an activating group) is 1. The van der Waals surface area contributed by atoms with Crippen molar-refractivity contribution >= 4 is 5.69 Å². The van der Waals surface area contributed by atoms with E-state index in [2.05, 4.69) is 79.3 Å². The molecular formula is C28H39N5O. The average molecular weight is 462 g/mol. The second-order valence-electron chi connectivity index (χ2n) is 10.0. The molecule has 0 radical (unpaired) electrons. The van der Waals surface area contributed by atoms with Crippen molar-refractivity contribution in [3.8, 4) is 11.3 Å². The van der Waals surface area contributed by atoms with Gasteiger partial charge in [0.2, 0.25) is 0 Å². The number of rotatable bonds is 6. The smallest absolute Gasteiger partial charge is 0.184 e. The Kier molecular flexibility index (Phi) is 7.22. The first-order chi connectivity index (χ1) is 16.3. The van der Waals surface area contributed by atoms with Crippen LogP contribution >= 0.6 is 0 Å². The summed E-state index contributed by atoms with van der Waals surface area (Å²) in [5, 5.41) is 14.6. The van der Waals surface area contributed by atoms with Crippen LogP contribution in [0.15, 0.2) is 60.6 Å². The molecule has 34 heavy (non-hydrogen) atoms. The van der Waals surface area contributed by atoms with Crippen LogP contribution < -0.4 is 10.2 Å². The minimum Gasteiger partial charge on any atom is -0.361 e. The zero-order chi connectivity index (χ0) is 24.3. The maximum Gasteiger partial charge on any atom is 0.184 e. The van der Waals surface area contributed by atoms with Crippen LogP contribution in [-0.4, -0.2) is 58.0 Å². The summed E-state index contributed by atoms with van der Waals surface area (Å²) in [7, 11) is 4.42. The zero-order valence-corrected chi connectivity index (χ0v) is 21.3. The van der Waals surface area contributed by atoms with Crippen LogP contribution in [0.1, 0.15) is 51.5 Å². The maximum atomic E-state index is 11.0. The maximum absolute atomic E-state index is 11.0. The van der Waals surface area contributed by atoms with E-state index in [-0.39, 0.29) is 11.1 Å². The van der Waals surface area contributed by atoms with Gasteiger partial charge in [0.1, 0.15) is 0 Å². The van der Waals surface area contributed by atoms with Gasteiger partial charge in [-0.25, -0.2) is 0 Å². The van der Waals surface area contributed by atoms with Gasteiger partial charge < -0.3 is 10.0 Å². The summed E-state index contributed by atoms with van der Waals surface area (Å²) in [5.41, 5.74) is 5.55. The largest absolute Gasteiger partial charge is 0.361 e. The third-order valence-electron chi connectivity index (χ3n) is 7.93. The topological polar surface area (TPSA) is 64.5 Å². The highest BCUT2D eigenvalue weighted by atomic mass is 16.3. The number of nitrogens with one attached hydrogen (secondary N) is 1. The fraction of sp³-hybridized carbons (Fsp3) is 0.500. The molecule has 1 atom stereocenters. The molecule has 1 saturated heterocycles. The molecule has 4 rings (SSSR count).